The van der Waals surface area contributed by atoms with Crippen molar-refractivity contribution in [3.05, 3.63) is 17.7 Å². The molecule has 1 heterocycles. The van der Waals surface area contributed by atoms with Gasteiger partial charge in [-0.2, -0.15) is 0 Å². The van der Waals surface area contributed by atoms with Gasteiger partial charge in [0.2, 0.25) is 5.75 Å². The minimum Gasteiger partial charge on any atom is -0.493 e. The number of urea groups is 1. The highest BCUT2D eigenvalue weighted by Crippen LogP contribution is 2.41. The van der Waals surface area contributed by atoms with Crippen molar-refractivity contribution in [2.24, 2.45) is 10.9 Å². The summed E-state index contributed by atoms with van der Waals surface area (Å²) in [7, 11) is 4.50. The van der Waals surface area contributed by atoms with Gasteiger partial charge in [0.15, 0.2) is 11.5 Å². The van der Waals surface area contributed by atoms with Crippen LogP contribution >= 0.6 is 0 Å². The van der Waals surface area contributed by atoms with Crippen molar-refractivity contribution in [3.8, 4) is 17.2 Å². The molecule has 2 amide bonds. The van der Waals surface area contributed by atoms with E-state index < -0.39 is 24.0 Å². The Labute approximate surface area is 152 Å². The van der Waals surface area contributed by atoms with Gasteiger partial charge in [-0.05, 0) is 31.0 Å². The van der Waals surface area contributed by atoms with Crippen molar-refractivity contribution in [3.63, 3.8) is 0 Å². The first kappa shape index (κ1) is 19.6. The zero-order valence-corrected chi connectivity index (χ0v) is 15.6. The van der Waals surface area contributed by atoms with Crippen LogP contribution in [0.3, 0.4) is 0 Å². The molecule has 0 aromatic heterocycles. The van der Waals surface area contributed by atoms with E-state index in [9.17, 15) is 9.59 Å². The maximum absolute atomic E-state index is 12.5. The van der Waals surface area contributed by atoms with E-state index in [1.807, 2.05) is 6.92 Å². The van der Waals surface area contributed by atoms with E-state index in [0.717, 1.165) is 0 Å². The number of carbonyl (C=O) groups excluding carboxylic acids is 2. The van der Waals surface area contributed by atoms with Crippen molar-refractivity contribution in [2.75, 3.05) is 27.9 Å². The van der Waals surface area contributed by atoms with Crippen molar-refractivity contribution in [1.82, 2.24) is 5.32 Å². The van der Waals surface area contributed by atoms with E-state index in [0.29, 0.717) is 41.6 Å². The molecule has 1 aliphatic rings. The van der Waals surface area contributed by atoms with E-state index in [-0.39, 0.29) is 0 Å². The van der Waals surface area contributed by atoms with Crippen LogP contribution in [0.4, 0.5) is 4.79 Å². The lowest BCUT2D eigenvalue weighted by Crippen LogP contribution is -2.44. The Bertz CT molecular complexity index is 691. The zero-order chi connectivity index (χ0) is 19.3. The Kier molecular flexibility index (Phi) is 6.43. The third kappa shape index (κ3) is 3.89. The maximum atomic E-state index is 12.5. The average molecular weight is 364 g/mol. The van der Waals surface area contributed by atoms with E-state index in [4.69, 9.17) is 18.9 Å². The molecule has 0 radical (unpaired) electrons. The molecule has 142 valence electrons. The first-order chi connectivity index (χ1) is 12.5. The van der Waals surface area contributed by atoms with Gasteiger partial charge in [0, 0.05) is 5.71 Å². The number of esters is 1. The summed E-state index contributed by atoms with van der Waals surface area (Å²) >= 11 is 0. The molecular formula is C18H24N2O6. The molecule has 0 fully saturated rings. The summed E-state index contributed by atoms with van der Waals surface area (Å²) in [5.74, 6) is 0.110. The van der Waals surface area contributed by atoms with E-state index >= 15 is 0 Å². The summed E-state index contributed by atoms with van der Waals surface area (Å²) in [4.78, 5) is 28.3. The number of ether oxygens (including phenoxy) is 4. The fourth-order valence-corrected chi connectivity index (χ4v) is 2.88. The Morgan fingerprint density at radius 2 is 1.77 bits per heavy atom. The predicted octanol–water partition coefficient (Wildman–Crippen LogP) is 2.51. The predicted molar refractivity (Wildman–Crippen MR) is 95.2 cm³/mol. The lowest BCUT2D eigenvalue weighted by molar-refractivity contribution is -0.147. The third-order valence-electron chi connectivity index (χ3n) is 4.09. The van der Waals surface area contributed by atoms with E-state index in [1.54, 1.807) is 19.1 Å². The van der Waals surface area contributed by atoms with Gasteiger partial charge in [-0.25, -0.2) is 9.79 Å². The molecule has 26 heavy (non-hydrogen) atoms. The van der Waals surface area contributed by atoms with Gasteiger partial charge < -0.3 is 24.3 Å². The number of methoxy groups -OCH3 is 3. The molecule has 1 aromatic carbocycles. The largest absolute Gasteiger partial charge is 0.493 e. The Balaban J connectivity index is 2.50. The minimum atomic E-state index is -0.734. The summed E-state index contributed by atoms with van der Waals surface area (Å²) < 4.78 is 21.3. The Morgan fingerprint density at radius 1 is 1.15 bits per heavy atom. The van der Waals surface area contributed by atoms with Crippen molar-refractivity contribution in [2.45, 2.75) is 26.3 Å². The molecule has 2 unspecified atom stereocenters. The molecule has 0 saturated carbocycles. The summed E-state index contributed by atoms with van der Waals surface area (Å²) in [5, 5.41) is 2.73. The normalized spacial score (nSPS) is 19.3. The van der Waals surface area contributed by atoms with Crippen LogP contribution in [-0.4, -0.2) is 45.6 Å². The standard InChI is InChI=1S/C18H24N2O6/c1-6-7-26-17(21)14-10(2)19-18(22)20-15(14)11-8-12(23-3)16(25-5)13(9-11)24-4/h8-9,14-15H,6-7H2,1-5H3,(H,20,22). The monoisotopic (exact) mass is 364 g/mol. The van der Waals surface area contributed by atoms with Gasteiger partial charge in [0.1, 0.15) is 5.92 Å². The second-order valence-electron chi connectivity index (χ2n) is 5.78. The molecule has 2 atom stereocenters. The number of amides is 2. The molecule has 0 aliphatic carbocycles. The highest BCUT2D eigenvalue weighted by atomic mass is 16.5. The number of hydrogen-bond acceptors (Lipinski definition) is 6. The van der Waals surface area contributed by atoms with Crippen molar-refractivity contribution < 1.29 is 28.5 Å². The lowest BCUT2D eigenvalue weighted by atomic mass is 9.88. The van der Waals surface area contributed by atoms with Gasteiger partial charge in [0.25, 0.3) is 0 Å². The topological polar surface area (TPSA) is 95.5 Å². The SMILES string of the molecule is CCCOC(=O)C1C(C)=NC(=O)NC1c1cc(OC)c(OC)c(OC)c1. The summed E-state index contributed by atoms with van der Waals surface area (Å²) in [6.45, 7) is 3.85. The minimum absolute atomic E-state index is 0.304. The van der Waals surface area contributed by atoms with Crippen LogP contribution in [0, 0.1) is 5.92 Å². The smallest absolute Gasteiger partial charge is 0.341 e. The van der Waals surface area contributed by atoms with E-state index in [1.165, 1.54) is 21.3 Å². The molecule has 1 aromatic rings. The van der Waals surface area contributed by atoms with Crippen LogP contribution in [0.15, 0.2) is 17.1 Å². The van der Waals surface area contributed by atoms with Crippen molar-refractivity contribution >= 4 is 17.7 Å². The first-order valence-electron chi connectivity index (χ1n) is 8.29. The Morgan fingerprint density at radius 3 is 2.27 bits per heavy atom. The molecule has 1 aliphatic heterocycles. The van der Waals surface area contributed by atoms with Crippen LogP contribution < -0.4 is 19.5 Å². The fourth-order valence-electron chi connectivity index (χ4n) is 2.88. The van der Waals surface area contributed by atoms with Crippen LogP contribution in [-0.2, 0) is 9.53 Å². The van der Waals surface area contributed by atoms with Gasteiger partial charge in [-0.3, -0.25) is 4.79 Å². The number of nitrogens with one attached hydrogen (secondary N) is 1. The highest BCUT2D eigenvalue weighted by Gasteiger charge is 2.38. The quantitative estimate of drug-likeness (QED) is 0.747. The van der Waals surface area contributed by atoms with Crippen LogP contribution in [0.5, 0.6) is 17.2 Å². The maximum Gasteiger partial charge on any atom is 0.341 e. The number of hydrogen-bond donors (Lipinski definition) is 1. The fraction of sp³-hybridized carbons (Fsp3) is 0.500. The summed E-state index contributed by atoms with van der Waals surface area (Å²) in [6.07, 6.45) is 0.704. The number of rotatable bonds is 7. The van der Waals surface area contributed by atoms with Gasteiger partial charge in [-0.15, -0.1) is 0 Å². The zero-order valence-electron chi connectivity index (χ0n) is 15.6. The third-order valence-corrected chi connectivity index (χ3v) is 4.09. The van der Waals surface area contributed by atoms with Crippen LogP contribution in [0.1, 0.15) is 31.9 Å². The van der Waals surface area contributed by atoms with E-state index in [2.05, 4.69) is 10.3 Å². The molecule has 0 saturated heterocycles. The average Bonchev–Trinajstić information content (AvgIpc) is 2.64. The van der Waals surface area contributed by atoms with Crippen LogP contribution in [0.25, 0.3) is 0 Å². The summed E-state index contributed by atoms with van der Waals surface area (Å²) in [6, 6.07) is 2.23. The number of aliphatic imine (C=N–C) groups is 1. The van der Waals surface area contributed by atoms with Crippen molar-refractivity contribution in [1.29, 1.82) is 0 Å². The molecular weight excluding hydrogens is 340 g/mol. The lowest BCUT2D eigenvalue weighted by Gasteiger charge is -2.30. The molecule has 8 heteroatoms. The second-order valence-corrected chi connectivity index (χ2v) is 5.78. The van der Waals surface area contributed by atoms with Gasteiger partial charge in [-0.1, -0.05) is 6.92 Å². The molecule has 2 rings (SSSR count). The molecule has 8 nitrogen and oxygen atoms in total. The van der Waals surface area contributed by atoms with Gasteiger partial charge in [0.05, 0.1) is 34.0 Å². The molecule has 1 N–H and O–H groups in total. The highest BCUT2D eigenvalue weighted by molar-refractivity contribution is 6.08. The second kappa shape index (κ2) is 8.55. The molecule has 0 bridgehead atoms. The van der Waals surface area contributed by atoms with Gasteiger partial charge >= 0.3 is 12.0 Å². The number of carbonyl (C=O) groups is 2. The first-order valence-corrected chi connectivity index (χ1v) is 8.29. The Hall–Kier alpha value is -2.77. The number of nitrogens with zero attached hydrogens (tertiary/aromatic N) is 1. The summed E-state index contributed by atoms with van der Waals surface area (Å²) in [5.41, 5.74) is 1.02. The van der Waals surface area contributed by atoms with Crippen LogP contribution in [0.2, 0.25) is 0 Å². The molecule has 0 spiro atoms. The number of benzene rings is 1.